The first-order chi connectivity index (χ1) is 18.3. The van der Waals surface area contributed by atoms with E-state index in [9.17, 15) is 9.59 Å². The van der Waals surface area contributed by atoms with E-state index in [1.807, 2.05) is 37.5 Å². The molecule has 0 radical (unpaired) electrons. The van der Waals surface area contributed by atoms with Gasteiger partial charge in [0, 0.05) is 29.1 Å². The number of thioether (sulfide) groups is 1. The van der Waals surface area contributed by atoms with Crippen LogP contribution in [0.5, 0.6) is 5.75 Å². The Morgan fingerprint density at radius 2 is 2.00 bits per heavy atom. The van der Waals surface area contributed by atoms with Crippen molar-refractivity contribution in [2.24, 2.45) is 4.99 Å². The number of amidine groups is 1. The Morgan fingerprint density at radius 1 is 1.18 bits per heavy atom. The van der Waals surface area contributed by atoms with E-state index < -0.39 is 0 Å². The van der Waals surface area contributed by atoms with E-state index in [2.05, 4.69) is 10.1 Å². The Hall–Kier alpha value is -4.02. The van der Waals surface area contributed by atoms with Crippen molar-refractivity contribution in [3.05, 3.63) is 87.9 Å². The van der Waals surface area contributed by atoms with Crippen molar-refractivity contribution in [3.8, 4) is 11.6 Å². The summed E-state index contributed by atoms with van der Waals surface area (Å²) in [6.07, 6.45) is 3.07. The number of amides is 1. The summed E-state index contributed by atoms with van der Waals surface area (Å²) in [5.74, 6) is 1.85. The lowest BCUT2D eigenvalue weighted by molar-refractivity contribution is -0.113. The van der Waals surface area contributed by atoms with Crippen LogP contribution in [0.4, 0.5) is 5.69 Å². The number of aromatic nitrogens is 2. The number of halogens is 1. The summed E-state index contributed by atoms with van der Waals surface area (Å²) in [6, 6.07) is 12.1. The number of methoxy groups -OCH3 is 1. The van der Waals surface area contributed by atoms with Gasteiger partial charge in [-0.05, 0) is 57.2 Å². The zero-order valence-corrected chi connectivity index (χ0v) is 22.6. The Bertz CT molecular complexity index is 1600. The molecule has 5 rings (SSSR count). The Morgan fingerprint density at radius 3 is 2.66 bits per heavy atom. The molecule has 11 heteroatoms. The third-order valence-electron chi connectivity index (χ3n) is 5.95. The average molecular weight is 551 g/mol. The van der Waals surface area contributed by atoms with E-state index >= 15 is 0 Å². The topological polar surface area (TPSA) is 103 Å². The smallest absolute Gasteiger partial charge is 0.283 e. The second kappa shape index (κ2) is 10.4. The number of aliphatic imine (C=N–C) groups is 1. The number of Topliss-reactive ketones (excluding diaryl/α,β-unsaturated/α-hetero) is 1. The van der Waals surface area contributed by atoms with Gasteiger partial charge in [-0.2, -0.15) is 0 Å². The minimum absolute atomic E-state index is 0.0582. The first kappa shape index (κ1) is 25.6. The molecule has 1 amide bonds. The van der Waals surface area contributed by atoms with Crippen LogP contribution in [0.2, 0.25) is 5.02 Å². The summed E-state index contributed by atoms with van der Waals surface area (Å²) in [7, 11) is 1.52. The van der Waals surface area contributed by atoms with Gasteiger partial charge in [0.15, 0.2) is 16.8 Å². The molecule has 4 aromatic rings. The summed E-state index contributed by atoms with van der Waals surface area (Å²) < 4.78 is 17.7. The molecule has 0 bridgehead atoms. The molecular formula is C27H23ClN4O5S. The van der Waals surface area contributed by atoms with Gasteiger partial charge in [0.05, 0.1) is 29.8 Å². The number of rotatable bonds is 7. The quantitative estimate of drug-likeness (QED) is 0.205. The van der Waals surface area contributed by atoms with Gasteiger partial charge in [-0.15, -0.1) is 0 Å². The lowest BCUT2D eigenvalue weighted by Gasteiger charge is -2.18. The highest BCUT2D eigenvalue weighted by Crippen LogP contribution is 2.35. The highest BCUT2D eigenvalue weighted by molar-refractivity contribution is 8.14. The summed E-state index contributed by atoms with van der Waals surface area (Å²) in [5, 5.41) is 4.77. The van der Waals surface area contributed by atoms with Crippen LogP contribution in [0.1, 0.15) is 33.3 Å². The molecule has 194 valence electrons. The molecule has 3 aromatic heterocycles. The predicted octanol–water partition coefficient (Wildman–Crippen LogP) is 6.01. The highest BCUT2D eigenvalue weighted by atomic mass is 35.5. The van der Waals surface area contributed by atoms with E-state index in [0.717, 1.165) is 11.4 Å². The molecule has 38 heavy (non-hydrogen) atoms. The van der Waals surface area contributed by atoms with Gasteiger partial charge in [-0.3, -0.25) is 19.1 Å². The molecule has 0 atom stereocenters. The van der Waals surface area contributed by atoms with Gasteiger partial charge < -0.3 is 13.7 Å². The number of nitrogens with zero attached hydrogens (tertiary/aromatic N) is 4. The predicted molar refractivity (Wildman–Crippen MR) is 146 cm³/mol. The average Bonchev–Trinajstić information content (AvgIpc) is 3.67. The zero-order chi connectivity index (χ0) is 27.0. The third-order valence-corrected chi connectivity index (χ3v) is 7.19. The molecule has 4 heterocycles. The van der Waals surface area contributed by atoms with Crippen molar-refractivity contribution in [1.82, 2.24) is 9.72 Å². The Labute approximate surface area is 227 Å². The molecule has 0 unspecified atom stereocenters. The van der Waals surface area contributed by atoms with Crippen molar-refractivity contribution < 1.29 is 23.3 Å². The molecule has 0 saturated heterocycles. The Kier molecular flexibility index (Phi) is 7.00. The van der Waals surface area contributed by atoms with Gasteiger partial charge in [-0.1, -0.05) is 28.5 Å². The summed E-state index contributed by atoms with van der Waals surface area (Å²) in [4.78, 5) is 32.7. The lowest BCUT2D eigenvalue weighted by Crippen LogP contribution is -2.30. The Balaban J connectivity index is 1.43. The molecular weight excluding hydrogens is 528 g/mol. The second-order valence-electron chi connectivity index (χ2n) is 8.53. The molecule has 0 spiro atoms. The van der Waals surface area contributed by atoms with E-state index in [4.69, 9.17) is 25.3 Å². The van der Waals surface area contributed by atoms with Crippen LogP contribution in [0.3, 0.4) is 0 Å². The van der Waals surface area contributed by atoms with Crippen molar-refractivity contribution in [2.45, 2.75) is 20.8 Å². The molecule has 0 fully saturated rings. The number of anilines is 1. The van der Waals surface area contributed by atoms with Gasteiger partial charge in [0.2, 0.25) is 0 Å². The van der Waals surface area contributed by atoms with Crippen molar-refractivity contribution in [3.63, 3.8) is 0 Å². The summed E-state index contributed by atoms with van der Waals surface area (Å²) in [6.45, 7) is 5.58. The van der Waals surface area contributed by atoms with Crippen molar-refractivity contribution >= 4 is 52.0 Å². The number of furan rings is 1. The van der Waals surface area contributed by atoms with Crippen LogP contribution in [0.25, 0.3) is 11.9 Å². The first-order valence-corrected chi connectivity index (χ1v) is 12.9. The number of aryl methyl sites for hydroxylation is 2. The number of benzene rings is 1. The molecule has 1 aromatic carbocycles. The van der Waals surface area contributed by atoms with Crippen LogP contribution in [0.15, 0.2) is 68.4 Å². The highest BCUT2D eigenvalue weighted by Gasteiger charge is 2.33. The summed E-state index contributed by atoms with van der Waals surface area (Å²) in [5.41, 5.74) is 2.85. The van der Waals surface area contributed by atoms with E-state index in [1.54, 1.807) is 36.4 Å². The number of ether oxygens (including phenoxy) is 1. The fraction of sp³-hybridized carbons (Fsp3) is 0.185. The largest absolute Gasteiger partial charge is 0.495 e. The van der Waals surface area contributed by atoms with Crippen LogP contribution < -0.4 is 9.64 Å². The van der Waals surface area contributed by atoms with Crippen molar-refractivity contribution in [1.29, 1.82) is 0 Å². The van der Waals surface area contributed by atoms with E-state index in [0.29, 0.717) is 44.5 Å². The van der Waals surface area contributed by atoms with Crippen LogP contribution >= 0.6 is 23.4 Å². The van der Waals surface area contributed by atoms with Gasteiger partial charge in [0.25, 0.3) is 5.91 Å². The number of hydrogen-bond donors (Lipinski definition) is 0. The molecule has 0 N–H and O–H groups in total. The number of carbonyl (C=O) groups excluding carboxylic acids is 2. The second-order valence-corrected chi connectivity index (χ2v) is 9.88. The van der Waals surface area contributed by atoms with E-state index in [1.165, 1.54) is 30.0 Å². The maximum atomic E-state index is 13.4. The maximum Gasteiger partial charge on any atom is 0.283 e. The van der Waals surface area contributed by atoms with Gasteiger partial charge in [-0.25, -0.2) is 4.99 Å². The lowest BCUT2D eigenvalue weighted by atomic mass is 10.2. The summed E-state index contributed by atoms with van der Waals surface area (Å²) >= 11 is 7.51. The third kappa shape index (κ3) is 4.80. The number of ketones is 1. The normalized spacial score (nSPS) is 14.4. The number of hydrogen-bond acceptors (Lipinski definition) is 8. The molecule has 9 nitrogen and oxygen atoms in total. The minimum Gasteiger partial charge on any atom is -0.495 e. The van der Waals surface area contributed by atoms with Crippen molar-refractivity contribution in [2.75, 3.05) is 17.8 Å². The first-order valence-electron chi connectivity index (χ1n) is 11.6. The molecule has 0 aliphatic carbocycles. The standard InChI is InChI=1S/C27H23ClN4O5S/c1-15-10-20(17(3)31(15)25-11-16(2)37-30-25)23(33)14-38-27-29-22(13-19-6-5-9-36-19)26(34)32(27)18-7-8-24(35-4)21(28)12-18/h5-13H,14H2,1-4H3/b22-13+. The SMILES string of the molecule is COc1ccc(N2C(=O)/C(=C\c3ccco3)N=C2SCC(=O)c2cc(C)n(-c3cc(C)on3)c2C)cc1Cl. The van der Waals surface area contributed by atoms with Gasteiger partial charge >= 0.3 is 0 Å². The minimum atomic E-state index is -0.364. The van der Waals surface area contributed by atoms with Crippen LogP contribution in [0, 0.1) is 20.8 Å². The fourth-order valence-electron chi connectivity index (χ4n) is 4.19. The molecule has 1 aliphatic rings. The zero-order valence-electron chi connectivity index (χ0n) is 21.0. The van der Waals surface area contributed by atoms with Crippen LogP contribution in [-0.2, 0) is 4.79 Å². The molecule has 0 saturated carbocycles. The number of carbonyl (C=O) groups is 2. The van der Waals surface area contributed by atoms with Crippen LogP contribution in [-0.4, -0.2) is 39.4 Å². The maximum absolute atomic E-state index is 13.4. The monoisotopic (exact) mass is 550 g/mol. The van der Waals surface area contributed by atoms with E-state index in [-0.39, 0.29) is 23.1 Å². The van der Waals surface area contributed by atoms with Gasteiger partial charge in [0.1, 0.15) is 23.0 Å². The molecule has 1 aliphatic heterocycles. The fourth-order valence-corrected chi connectivity index (χ4v) is 5.34.